The Bertz CT molecular complexity index is 415. The predicted molar refractivity (Wildman–Crippen MR) is 67.0 cm³/mol. The van der Waals surface area contributed by atoms with Gasteiger partial charge in [-0.1, -0.05) is 0 Å². The highest BCUT2D eigenvalue weighted by Gasteiger charge is 2.06. The summed E-state index contributed by atoms with van der Waals surface area (Å²) in [7, 11) is -2.96. The summed E-state index contributed by atoms with van der Waals surface area (Å²) in [5, 5.41) is 12.4. The van der Waals surface area contributed by atoms with Gasteiger partial charge in [-0.25, -0.2) is 8.42 Å². The van der Waals surface area contributed by atoms with Crippen LogP contribution in [0.25, 0.3) is 0 Å². The van der Waals surface area contributed by atoms with Crippen molar-refractivity contribution in [3.63, 3.8) is 0 Å². The molecule has 0 aliphatic carbocycles. The van der Waals surface area contributed by atoms with Crippen LogP contribution in [0.3, 0.4) is 0 Å². The number of ether oxygens (including phenoxy) is 1. The first kappa shape index (κ1) is 15.2. The molecular weight excluding hydrogens is 258 g/mol. The minimum absolute atomic E-state index is 0.0625. The van der Waals surface area contributed by atoms with Crippen molar-refractivity contribution < 1.29 is 22.7 Å². The third-order valence-electron chi connectivity index (χ3n) is 2.16. The van der Waals surface area contributed by atoms with E-state index in [-0.39, 0.29) is 12.4 Å². The maximum absolute atomic E-state index is 10.8. The van der Waals surface area contributed by atoms with Gasteiger partial charge < -0.3 is 19.6 Å². The molecule has 0 bridgehead atoms. The Balaban J connectivity index is 2.02. The molecule has 0 spiro atoms. The zero-order chi connectivity index (χ0) is 13.4. The van der Waals surface area contributed by atoms with Crippen molar-refractivity contribution in [2.45, 2.75) is 12.7 Å². The van der Waals surface area contributed by atoms with Crippen LogP contribution in [0.5, 0.6) is 0 Å². The molecule has 0 amide bonds. The quantitative estimate of drug-likeness (QED) is 0.607. The molecule has 0 radical (unpaired) electrons. The molecule has 0 aliphatic rings. The van der Waals surface area contributed by atoms with Crippen LogP contribution >= 0.6 is 0 Å². The monoisotopic (exact) mass is 277 g/mol. The Hall–Kier alpha value is -0.890. The summed E-state index contributed by atoms with van der Waals surface area (Å²) in [4.78, 5) is 0. The Morgan fingerprint density at radius 1 is 1.56 bits per heavy atom. The van der Waals surface area contributed by atoms with Crippen LogP contribution in [-0.4, -0.2) is 51.3 Å². The lowest BCUT2D eigenvalue weighted by atomic mass is 10.4. The van der Waals surface area contributed by atoms with Crippen molar-refractivity contribution in [1.82, 2.24) is 5.32 Å². The van der Waals surface area contributed by atoms with Crippen LogP contribution in [0.2, 0.25) is 0 Å². The molecule has 7 heteroatoms. The Morgan fingerprint density at radius 2 is 2.33 bits per heavy atom. The first-order valence-electron chi connectivity index (χ1n) is 5.64. The number of aliphatic hydroxyl groups excluding tert-OH is 1. The molecule has 1 aromatic heterocycles. The number of nitrogens with one attached hydrogen (secondary N) is 1. The fraction of sp³-hybridized carbons (Fsp3) is 0.636. The minimum Gasteiger partial charge on any atom is -0.467 e. The van der Waals surface area contributed by atoms with Gasteiger partial charge in [0.1, 0.15) is 22.2 Å². The van der Waals surface area contributed by atoms with E-state index >= 15 is 0 Å². The maximum Gasteiger partial charge on any atom is 0.148 e. The lowest BCUT2D eigenvalue weighted by Crippen LogP contribution is -2.33. The molecule has 104 valence electrons. The van der Waals surface area contributed by atoms with Gasteiger partial charge in [-0.3, -0.25) is 0 Å². The molecule has 0 saturated carbocycles. The molecule has 1 atom stereocenters. The van der Waals surface area contributed by atoms with E-state index < -0.39 is 15.9 Å². The van der Waals surface area contributed by atoms with Crippen LogP contribution in [0.4, 0.5) is 0 Å². The van der Waals surface area contributed by atoms with Crippen molar-refractivity contribution in [1.29, 1.82) is 0 Å². The predicted octanol–water partition coefficient (Wildman–Crippen LogP) is -0.209. The maximum atomic E-state index is 10.8. The first-order valence-corrected chi connectivity index (χ1v) is 7.70. The molecule has 0 aromatic carbocycles. The number of hydrogen-bond acceptors (Lipinski definition) is 6. The van der Waals surface area contributed by atoms with Crippen LogP contribution in [0.15, 0.2) is 22.8 Å². The summed E-state index contributed by atoms with van der Waals surface area (Å²) in [6, 6.07) is 3.55. The van der Waals surface area contributed by atoms with Gasteiger partial charge >= 0.3 is 0 Å². The molecule has 1 unspecified atom stereocenters. The first-order chi connectivity index (χ1) is 8.47. The van der Waals surface area contributed by atoms with Crippen LogP contribution < -0.4 is 5.32 Å². The summed E-state index contributed by atoms with van der Waals surface area (Å²) >= 11 is 0. The van der Waals surface area contributed by atoms with E-state index in [2.05, 4.69) is 5.32 Å². The molecule has 0 saturated heterocycles. The standard InChI is InChI=1S/C11H19NO5S/c1-18(14,15)6-4-12-7-10(13)8-16-9-11-3-2-5-17-11/h2-3,5,10,12-13H,4,6-9H2,1H3. The molecule has 18 heavy (non-hydrogen) atoms. The fourth-order valence-corrected chi connectivity index (χ4v) is 1.79. The second-order valence-corrected chi connectivity index (χ2v) is 6.34. The number of hydrogen-bond donors (Lipinski definition) is 2. The number of sulfone groups is 1. The van der Waals surface area contributed by atoms with E-state index in [1.807, 2.05) is 0 Å². The molecule has 1 aromatic rings. The highest BCUT2D eigenvalue weighted by molar-refractivity contribution is 7.90. The molecule has 1 heterocycles. The molecule has 6 nitrogen and oxygen atoms in total. The van der Waals surface area contributed by atoms with Gasteiger partial charge in [0.25, 0.3) is 0 Å². The second kappa shape index (κ2) is 7.52. The SMILES string of the molecule is CS(=O)(=O)CCNCC(O)COCc1ccco1. The van der Waals surface area contributed by atoms with Gasteiger partial charge in [-0.05, 0) is 12.1 Å². The van der Waals surface area contributed by atoms with Crippen LogP contribution in [0, 0.1) is 0 Å². The summed E-state index contributed by atoms with van der Waals surface area (Å²) in [6.07, 6.45) is 2.07. The lowest BCUT2D eigenvalue weighted by molar-refractivity contribution is 0.0229. The van der Waals surface area contributed by atoms with Crippen molar-refractivity contribution >= 4 is 9.84 Å². The smallest absolute Gasteiger partial charge is 0.148 e. The largest absolute Gasteiger partial charge is 0.467 e. The lowest BCUT2D eigenvalue weighted by Gasteiger charge is -2.11. The van der Waals surface area contributed by atoms with Crippen LogP contribution in [-0.2, 0) is 21.2 Å². The topological polar surface area (TPSA) is 88.8 Å². The molecule has 2 N–H and O–H groups in total. The third-order valence-corrected chi connectivity index (χ3v) is 3.11. The third kappa shape index (κ3) is 7.44. The van der Waals surface area contributed by atoms with E-state index in [0.29, 0.717) is 25.5 Å². The Kier molecular flexibility index (Phi) is 6.34. The zero-order valence-electron chi connectivity index (χ0n) is 10.3. The summed E-state index contributed by atoms with van der Waals surface area (Å²) in [5.74, 6) is 0.764. The van der Waals surface area contributed by atoms with E-state index in [4.69, 9.17) is 9.15 Å². The van der Waals surface area contributed by atoms with E-state index in [1.165, 1.54) is 6.26 Å². The number of rotatable bonds is 9. The van der Waals surface area contributed by atoms with E-state index in [1.54, 1.807) is 18.4 Å². The van der Waals surface area contributed by atoms with E-state index in [9.17, 15) is 13.5 Å². The van der Waals surface area contributed by atoms with E-state index in [0.717, 1.165) is 0 Å². The number of furan rings is 1. The molecule has 0 fully saturated rings. The van der Waals surface area contributed by atoms with Crippen LogP contribution in [0.1, 0.15) is 5.76 Å². The van der Waals surface area contributed by atoms with Gasteiger partial charge in [-0.2, -0.15) is 0 Å². The van der Waals surface area contributed by atoms with Gasteiger partial charge in [0, 0.05) is 19.3 Å². The summed E-state index contributed by atoms with van der Waals surface area (Å²) in [6.45, 7) is 1.11. The minimum atomic E-state index is -2.96. The Morgan fingerprint density at radius 3 is 2.94 bits per heavy atom. The van der Waals surface area contributed by atoms with Gasteiger partial charge in [0.05, 0.1) is 24.7 Å². The Labute approximate surface area is 107 Å². The molecule has 0 aliphatic heterocycles. The highest BCUT2D eigenvalue weighted by Crippen LogP contribution is 2.01. The van der Waals surface area contributed by atoms with Gasteiger partial charge in [-0.15, -0.1) is 0 Å². The van der Waals surface area contributed by atoms with Gasteiger partial charge in [0.2, 0.25) is 0 Å². The fourth-order valence-electron chi connectivity index (χ4n) is 1.28. The number of aliphatic hydroxyl groups is 1. The van der Waals surface area contributed by atoms with Crippen molar-refractivity contribution in [2.75, 3.05) is 31.7 Å². The summed E-state index contributed by atoms with van der Waals surface area (Å²) in [5.41, 5.74) is 0. The van der Waals surface area contributed by atoms with Gasteiger partial charge in [0.15, 0.2) is 0 Å². The normalized spacial score (nSPS) is 13.7. The molecule has 1 rings (SSSR count). The highest BCUT2D eigenvalue weighted by atomic mass is 32.2. The van der Waals surface area contributed by atoms with Crippen molar-refractivity contribution in [3.05, 3.63) is 24.2 Å². The average molecular weight is 277 g/mol. The van der Waals surface area contributed by atoms with Crippen molar-refractivity contribution in [2.24, 2.45) is 0 Å². The zero-order valence-corrected chi connectivity index (χ0v) is 11.1. The second-order valence-electron chi connectivity index (χ2n) is 4.08. The molecular formula is C11H19NO5S. The summed E-state index contributed by atoms with van der Waals surface area (Å²) < 4.78 is 32.0. The average Bonchev–Trinajstić information content (AvgIpc) is 2.76. The van der Waals surface area contributed by atoms with Crippen molar-refractivity contribution in [3.8, 4) is 0 Å².